The third-order valence-electron chi connectivity index (χ3n) is 5.00. The number of aliphatic hydroxyl groups is 4. The molecule has 2 fully saturated rings. The molecule has 12 heteroatoms. The maximum absolute atomic E-state index is 11.6. The summed E-state index contributed by atoms with van der Waals surface area (Å²) in [4.78, 5) is 11.6. The van der Waals surface area contributed by atoms with Crippen molar-refractivity contribution in [3.63, 3.8) is 0 Å². The number of hydrogen-bond acceptors (Lipinski definition) is 11. The zero-order chi connectivity index (χ0) is 20.3. The number of aliphatic hydroxyl groups excluding tert-OH is 4. The second-order valence-electron chi connectivity index (χ2n) is 7.09. The number of nitrogens with two attached hydrogens (primary N) is 4. The third kappa shape index (κ3) is 5.12. The van der Waals surface area contributed by atoms with Gasteiger partial charge in [0.15, 0.2) is 6.29 Å². The van der Waals surface area contributed by atoms with Crippen molar-refractivity contribution in [2.75, 3.05) is 13.1 Å². The highest BCUT2D eigenvalue weighted by molar-refractivity contribution is 5.76. The molecule has 0 radical (unpaired) electrons. The molecule has 12 nitrogen and oxygen atoms in total. The second-order valence-corrected chi connectivity index (χ2v) is 7.09. The lowest BCUT2D eigenvalue weighted by Crippen LogP contribution is -2.67. The number of amides is 1. The van der Waals surface area contributed by atoms with Gasteiger partial charge in [0.05, 0.1) is 12.1 Å². The Bertz CT molecular complexity index is 501. The van der Waals surface area contributed by atoms with Crippen LogP contribution in [0.3, 0.4) is 0 Å². The molecule has 1 saturated heterocycles. The molecule has 0 aromatic heterocycles. The monoisotopic (exact) mass is 393 g/mol. The fourth-order valence-corrected chi connectivity index (χ4v) is 3.30. The molecule has 158 valence electrons. The first-order valence-electron chi connectivity index (χ1n) is 8.94. The van der Waals surface area contributed by atoms with Crippen molar-refractivity contribution in [3.05, 3.63) is 0 Å². The summed E-state index contributed by atoms with van der Waals surface area (Å²) in [5, 5.41) is 43.0. The molecular weight excluding hydrogens is 362 g/mol. The van der Waals surface area contributed by atoms with Gasteiger partial charge in [-0.3, -0.25) is 4.79 Å². The smallest absolute Gasteiger partial charge is 0.221 e. The highest BCUT2D eigenvalue weighted by Crippen LogP contribution is 2.27. The Balaban J connectivity index is 2.03. The summed E-state index contributed by atoms with van der Waals surface area (Å²) in [7, 11) is 0. The van der Waals surface area contributed by atoms with Gasteiger partial charge < -0.3 is 58.2 Å². The number of hydrogen-bond donors (Lipinski definition) is 9. The van der Waals surface area contributed by atoms with E-state index in [-0.39, 0.29) is 31.8 Å². The standard InChI is InChI=1S/C15H31N5O7/c16-2-1-8(21)20-4-7-11(23)12(24)9(19)15(26-7)27-14-6(18)3-5(17)10(22)13(14)25/h5-7,9-15,22-25H,1-4,16-19H2,(H,20,21)/t5-,6+,7-,9-,10+,11-,12-,13-,14-,15-/m1/s1. The Hall–Kier alpha value is -0.930. The Morgan fingerprint density at radius 3 is 2.33 bits per heavy atom. The molecule has 2 rings (SSSR count). The van der Waals surface area contributed by atoms with E-state index in [1.165, 1.54) is 0 Å². The van der Waals surface area contributed by atoms with E-state index in [9.17, 15) is 25.2 Å². The summed E-state index contributed by atoms with van der Waals surface area (Å²) < 4.78 is 11.2. The first kappa shape index (κ1) is 22.4. The van der Waals surface area contributed by atoms with Crippen molar-refractivity contribution < 1.29 is 34.7 Å². The number of carbonyl (C=O) groups excluding carboxylic acids is 1. The van der Waals surface area contributed by atoms with Gasteiger partial charge in [0.25, 0.3) is 0 Å². The maximum Gasteiger partial charge on any atom is 0.221 e. The summed E-state index contributed by atoms with van der Waals surface area (Å²) in [6.07, 6.45) is -8.33. The summed E-state index contributed by atoms with van der Waals surface area (Å²) >= 11 is 0. The molecule has 1 heterocycles. The van der Waals surface area contributed by atoms with Gasteiger partial charge in [0.2, 0.25) is 5.91 Å². The zero-order valence-corrected chi connectivity index (χ0v) is 14.9. The normalized spacial score (nSPS) is 45.5. The molecule has 1 amide bonds. The van der Waals surface area contributed by atoms with Gasteiger partial charge in [0.1, 0.15) is 30.5 Å². The van der Waals surface area contributed by atoms with E-state index in [0.29, 0.717) is 0 Å². The molecule has 0 spiro atoms. The molecule has 1 aliphatic heterocycles. The predicted molar refractivity (Wildman–Crippen MR) is 92.8 cm³/mol. The first-order valence-corrected chi connectivity index (χ1v) is 8.94. The van der Waals surface area contributed by atoms with Gasteiger partial charge in [-0.15, -0.1) is 0 Å². The van der Waals surface area contributed by atoms with Crippen LogP contribution in [0, 0.1) is 0 Å². The number of nitrogens with one attached hydrogen (secondary N) is 1. The molecule has 0 aromatic rings. The Kier molecular flexibility index (Phi) is 7.88. The molecule has 2 aliphatic rings. The highest BCUT2D eigenvalue weighted by Gasteiger charge is 2.48. The minimum Gasteiger partial charge on any atom is -0.389 e. The largest absolute Gasteiger partial charge is 0.389 e. The van der Waals surface area contributed by atoms with E-state index in [4.69, 9.17) is 32.4 Å². The first-order chi connectivity index (χ1) is 12.7. The van der Waals surface area contributed by atoms with Gasteiger partial charge in [-0.1, -0.05) is 0 Å². The molecule has 0 aromatic carbocycles. The summed E-state index contributed by atoms with van der Waals surface area (Å²) in [6.45, 7) is 0.0669. The molecular formula is C15H31N5O7. The Morgan fingerprint density at radius 2 is 1.70 bits per heavy atom. The quantitative estimate of drug-likeness (QED) is 0.206. The van der Waals surface area contributed by atoms with Gasteiger partial charge in [-0.2, -0.15) is 0 Å². The van der Waals surface area contributed by atoms with E-state index in [2.05, 4.69) is 5.32 Å². The van der Waals surface area contributed by atoms with E-state index >= 15 is 0 Å². The van der Waals surface area contributed by atoms with Crippen LogP contribution >= 0.6 is 0 Å². The van der Waals surface area contributed by atoms with Crippen LogP contribution in [0.2, 0.25) is 0 Å². The molecule has 1 aliphatic carbocycles. The van der Waals surface area contributed by atoms with Crippen molar-refractivity contribution >= 4 is 5.91 Å². The maximum atomic E-state index is 11.6. The lowest BCUT2D eigenvalue weighted by Gasteiger charge is -2.45. The van der Waals surface area contributed by atoms with Crippen LogP contribution in [0.1, 0.15) is 12.8 Å². The van der Waals surface area contributed by atoms with Gasteiger partial charge in [0, 0.05) is 31.6 Å². The SMILES string of the molecule is NCCC(=O)NC[C@H]1O[C@H](O[C@H]2[C@H](O)[C@@H](O)[C@H](N)C[C@@H]2N)[C@H](N)[C@@H](O)[C@@H]1O. The molecule has 0 bridgehead atoms. The number of carbonyl (C=O) groups is 1. The van der Waals surface area contributed by atoms with Crippen LogP contribution in [0.5, 0.6) is 0 Å². The van der Waals surface area contributed by atoms with E-state index in [1.807, 2.05) is 0 Å². The summed E-state index contributed by atoms with van der Waals surface area (Å²) in [5.41, 5.74) is 22.8. The van der Waals surface area contributed by atoms with Gasteiger partial charge in [-0.25, -0.2) is 0 Å². The number of ether oxygens (including phenoxy) is 2. The minimum atomic E-state index is -1.40. The van der Waals surface area contributed by atoms with Crippen LogP contribution in [0.4, 0.5) is 0 Å². The molecule has 27 heavy (non-hydrogen) atoms. The Labute approximate surface area is 156 Å². The lowest BCUT2D eigenvalue weighted by molar-refractivity contribution is -0.288. The van der Waals surface area contributed by atoms with Crippen molar-refractivity contribution in [3.8, 4) is 0 Å². The number of rotatable bonds is 6. The minimum absolute atomic E-state index is 0.101. The van der Waals surface area contributed by atoms with E-state index in [0.717, 1.165) is 0 Å². The summed E-state index contributed by atoms with van der Waals surface area (Å²) in [6, 6.07) is -2.53. The molecule has 1 saturated carbocycles. The fraction of sp³-hybridized carbons (Fsp3) is 0.933. The second kappa shape index (κ2) is 9.52. The van der Waals surface area contributed by atoms with E-state index in [1.54, 1.807) is 0 Å². The van der Waals surface area contributed by atoms with Gasteiger partial charge >= 0.3 is 0 Å². The lowest BCUT2D eigenvalue weighted by atomic mass is 9.84. The fourth-order valence-electron chi connectivity index (χ4n) is 3.30. The topological polar surface area (TPSA) is 233 Å². The van der Waals surface area contributed by atoms with Crippen molar-refractivity contribution in [2.24, 2.45) is 22.9 Å². The average molecular weight is 393 g/mol. The molecule has 10 atom stereocenters. The third-order valence-corrected chi connectivity index (χ3v) is 5.00. The molecule has 13 N–H and O–H groups in total. The van der Waals surface area contributed by atoms with E-state index < -0.39 is 61.0 Å². The summed E-state index contributed by atoms with van der Waals surface area (Å²) in [5.74, 6) is -0.336. The van der Waals surface area contributed by atoms with Crippen molar-refractivity contribution in [2.45, 2.75) is 73.9 Å². The van der Waals surface area contributed by atoms with Crippen LogP contribution in [-0.4, -0.2) is 100 Å². The van der Waals surface area contributed by atoms with Crippen LogP contribution in [-0.2, 0) is 14.3 Å². The predicted octanol–water partition coefficient (Wildman–Crippen LogP) is -5.61. The van der Waals surface area contributed by atoms with Crippen molar-refractivity contribution in [1.82, 2.24) is 5.32 Å². The Morgan fingerprint density at radius 1 is 1.04 bits per heavy atom. The van der Waals surface area contributed by atoms with Crippen LogP contribution in [0.25, 0.3) is 0 Å². The zero-order valence-electron chi connectivity index (χ0n) is 14.9. The van der Waals surface area contributed by atoms with Crippen LogP contribution < -0.4 is 28.3 Å². The van der Waals surface area contributed by atoms with Gasteiger partial charge in [-0.05, 0) is 6.42 Å². The average Bonchev–Trinajstić information content (AvgIpc) is 2.62. The molecule has 0 unspecified atom stereocenters. The van der Waals surface area contributed by atoms with Crippen molar-refractivity contribution in [1.29, 1.82) is 0 Å². The van der Waals surface area contributed by atoms with Crippen LogP contribution in [0.15, 0.2) is 0 Å². The highest BCUT2D eigenvalue weighted by atomic mass is 16.7.